The predicted molar refractivity (Wildman–Crippen MR) is 442 cm³/mol. The largest absolute Gasteiger partial charge is 0.472 e. The Balaban J connectivity index is 5.21. The number of rotatable bonds is 87. The SMILES string of the molecule is CCCCCCCCCCCCCCCCCCCCCCCC(=O)OC[C@H](COP(=O)(O)OC[C@@H](O)COP(=O)(O)OC[C@@H](COC(=O)CCCCCCCCCC(C)C)OC(=O)CCCCCCCCCCCCCCCC)OC(=O)CCCCCCCCCCCCCCCCCCCCC(C)CC. The van der Waals surface area contributed by atoms with E-state index >= 15 is 0 Å². The van der Waals surface area contributed by atoms with Crippen molar-refractivity contribution in [2.45, 2.75) is 490 Å². The van der Waals surface area contributed by atoms with Crippen molar-refractivity contribution in [2.24, 2.45) is 11.8 Å². The van der Waals surface area contributed by atoms with Gasteiger partial charge < -0.3 is 33.8 Å². The molecule has 17 nitrogen and oxygen atoms in total. The fourth-order valence-electron chi connectivity index (χ4n) is 13.7. The van der Waals surface area contributed by atoms with Crippen molar-refractivity contribution >= 4 is 39.5 Å². The van der Waals surface area contributed by atoms with Gasteiger partial charge in [-0.2, -0.15) is 0 Å². The Hall–Kier alpha value is -1.94. The molecule has 636 valence electrons. The van der Waals surface area contributed by atoms with Gasteiger partial charge in [0, 0.05) is 25.7 Å². The molecule has 19 heteroatoms. The third kappa shape index (κ3) is 80.5. The van der Waals surface area contributed by atoms with Crippen molar-refractivity contribution < 1.29 is 80.2 Å². The van der Waals surface area contributed by atoms with Gasteiger partial charge in [0.15, 0.2) is 12.2 Å². The maximum atomic E-state index is 13.2. The van der Waals surface area contributed by atoms with Crippen LogP contribution in [-0.4, -0.2) is 96.7 Å². The van der Waals surface area contributed by atoms with E-state index in [1.165, 1.54) is 283 Å². The number of carbonyl (C=O) groups excluding carboxylic acids is 4. The number of hydrogen-bond acceptors (Lipinski definition) is 15. The van der Waals surface area contributed by atoms with Gasteiger partial charge in [-0.3, -0.25) is 37.3 Å². The van der Waals surface area contributed by atoms with Gasteiger partial charge in [0.1, 0.15) is 19.3 Å². The monoisotopic (exact) mass is 1560 g/mol. The number of phosphoric acid groups is 2. The van der Waals surface area contributed by atoms with E-state index in [1.54, 1.807) is 0 Å². The summed E-state index contributed by atoms with van der Waals surface area (Å²) in [6.45, 7) is 9.69. The lowest BCUT2D eigenvalue weighted by Gasteiger charge is -2.21. The molecular formula is C88H172O17P2. The first-order valence-corrected chi connectivity index (χ1v) is 48.5. The van der Waals surface area contributed by atoms with Crippen LogP contribution >= 0.6 is 15.6 Å². The van der Waals surface area contributed by atoms with Crippen LogP contribution in [0.15, 0.2) is 0 Å². The highest BCUT2D eigenvalue weighted by molar-refractivity contribution is 7.47. The van der Waals surface area contributed by atoms with E-state index in [-0.39, 0.29) is 25.7 Å². The fraction of sp³-hybridized carbons (Fsp3) is 0.955. The molecule has 0 heterocycles. The maximum absolute atomic E-state index is 13.2. The third-order valence-electron chi connectivity index (χ3n) is 21.1. The van der Waals surface area contributed by atoms with Crippen LogP contribution in [0.5, 0.6) is 0 Å². The fourth-order valence-corrected chi connectivity index (χ4v) is 15.3. The standard InChI is InChI=1S/C88H172O17P2/c1-7-10-12-14-16-18-20-22-24-25-26-27-28-32-35-39-42-46-52-58-64-70-85(90)98-76-83(104-87(92)73-67-61-54-48-44-40-36-33-30-29-31-34-37-41-45-51-57-63-69-81(6)9-3)78-102-106(94,95)100-74-82(89)75-101-107(96,97)103-79-84(77-99-86(91)71-65-59-55-49-50-56-62-68-80(4)5)105-88(93)72-66-60-53-47-43-38-23-21-19-17-15-13-11-8-2/h80-84,89H,7-79H2,1-6H3,(H,94,95)(H,96,97)/t81?,82-,83-,84-/m1/s1. The van der Waals surface area contributed by atoms with Crippen LogP contribution in [0.2, 0.25) is 0 Å². The zero-order valence-electron chi connectivity index (χ0n) is 70.5. The molecule has 0 radical (unpaired) electrons. The van der Waals surface area contributed by atoms with Crippen LogP contribution in [0.4, 0.5) is 0 Å². The van der Waals surface area contributed by atoms with Crippen molar-refractivity contribution in [3.05, 3.63) is 0 Å². The van der Waals surface area contributed by atoms with E-state index in [4.69, 9.17) is 37.0 Å². The molecule has 0 saturated heterocycles. The summed E-state index contributed by atoms with van der Waals surface area (Å²) < 4.78 is 68.9. The maximum Gasteiger partial charge on any atom is 0.472 e. The van der Waals surface area contributed by atoms with Crippen LogP contribution in [0.3, 0.4) is 0 Å². The first kappa shape index (κ1) is 105. The lowest BCUT2D eigenvalue weighted by molar-refractivity contribution is -0.161. The van der Waals surface area contributed by atoms with E-state index in [9.17, 15) is 43.2 Å². The number of unbranched alkanes of at least 4 members (excludes halogenated alkanes) is 56. The molecular weight excluding hydrogens is 1390 g/mol. The summed E-state index contributed by atoms with van der Waals surface area (Å²) in [4.78, 5) is 73.2. The van der Waals surface area contributed by atoms with Crippen LogP contribution < -0.4 is 0 Å². The number of esters is 4. The topological polar surface area (TPSA) is 237 Å². The Labute approximate surface area is 658 Å². The quantitative estimate of drug-likeness (QED) is 0.0222. The average Bonchev–Trinajstić information content (AvgIpc) is 0.904. The Kier molecular flexibility index (Phi) is 77.9. The Morgan fingerprint density at radius 2 is 0.477 bits per heavy atom. The number of aliphatic hydroxyl groups excluding tert-OH is 1. The molecule has 6 atom stereocenters. The average molecular weight is 1560 g/mol. The summed E-state index contributed by atoms with van der Waals surface area (Å²) in [5.74, 6) is -0.525. The minimum Gasteiger partial charge on any atom is -0.462 e. The molecule has 0 aliphatic carbocycles. The molecule has 107 heavy (non-hydrogen) atoms. The van der Waals surface area contributed by atoms with E-state index in [0.717, 1.165) is 102 Å². The van der Waals surface area contributed by atoms with Gasteiger partial charge in [-0.05, 0) is 37.5 Å². The lowest BCUT2D eigenvalue weighted by atomic mass is 9.99. The van der Waals surface area contributed by atoms with E-state index in [0.29, 0.717) is 31.6 Å². The van der Waals surface area contributed by atoms with E-state index in [1.807, 2.05) is 0 Å². The number of aliphatic hydroxyl groups is 1. The van der Waals surface area contributed by atoms with Crippen molar-refractivity contribution in [2.75, 3.05) is 39.6 Å². The highest BCUT2D eigenvalue weighted by atomic mass is 31.2. The highest BCUT2D eigenvalue weighted by Gasteiger charge is 2.31. The number of hydrogen-bond donors (Lipinski definition) is 3. The molecule has 0 saturated carbocycles. The van der Waals surface area contributed by atoms with Gasteiger partial charge in [-0.25, -0.2) is 9.13 Å². The van der Waals surface area contributed by atoms with Crippen molar-refractivity contribution in [3.8, 4) is 0 Å². The zero-order valence-corrected chi connectivity index (χ0v) is 72.2. The summed E-state index contributed by atoms with van der Waals surface area (Å²) in [5, 5.41) is 10.7. The Morgan fingerprint density at radius 1 is 0.271 bits per heavy atom. The summed E-state index contributed by atoms with van der Waals surface area (Å²) in [5.41, 5.74) is 0. The summed E-state index contributed by atoms with van der Waals surface area (Å²) >= 11 is 0. The van der Waals surface area contributed by atoms with Crippen LogP contribution in [0, 0.1) is 11.8 Å². The second-order valence-electron chi connectivity index (χ2n) is 32.4. The van der Waals surface area contributed by atoms with Crippen molar-refractivity contribution in [3.63, 3.8) is 0 Å². The molecule has 0 spiro atoms. The van der Waals surface area contributed by atoms with Crippen LogP contribution in [-0.2, 0) is 65.4 Å². The molecule has 0 fully saturated rings. The zero-order chi connectivity index (χ0) is 78.5. The highest BCUT2D eigenvalue weighted by Crippen LogP contribution is 2.45. The number of ether oxygens (including phenoxy) is 4. The summed E-state index contributed by atoms with van der Waals surface area (Å²) in [7, 11) is -9.93. The minimum absolute atomic E-state index is 0.107. The molecule has 0 aromatic carbocycles. The molecule has 3 N–H and O–H groups in total. The van der Waals surface area contributed by atoms with Gasteiger partial charge in [0.2, 0.25) is 0 Å². The molecule has 0 aromatic heterocycles. The molecule has 0 aromatic rings. The molecule has 0 amide bonds. The smallest absolute Gasteiger partial charge is 0.462 e. The molecule has 3 unspecified atom stereocenters. The van der Waals surface area contributed by atoms with Crippen molar-refractivity contribution in [1.82, 2.24) is 0 Å². The number of carbonyl (C=O) groups is 4. The van der Waals surface area contributed by atoms with Gasteiger partial charge in [-0.1, -0.05) is 420 Å². The van der Waals surface area contributed by atoms with Gasteiger partial charge >= 0.3 is 39.5 Å². The van der Waals surface area contributed by atoms with Crippen LogP contribution in [0.1, 0.15) is 472 Å². The molecule has 0 rings (SSSR count). The van der Waals surface area contributed by atoms with E-state index < -0.39 is 97.5 Å². The normalized spacial score (nSPS) is 14.0. The van der Waals surface area contributed by atoms with Gasteiger partial charge in [-0.15, -0.1) is 0 Å². The van der Waals surface area contributed by atoms with E-state index in [2.05, 4.69) is 41.5 Å². The minimum atomic E-state index is -4.97. The summed E-state index contributed by atoms with van der Waals surface area (Å²) in [6, 6.07) is 0. The van der Waals surface area contributed by atoms with Crippen molar-refractivity contribution in [1.29, 1.82) is 0 Å². The molecule has 0 aliphatic heterocycles. The second-order valence-corrected chi connectivity index (χ2v) is 35.3. The Morgan fingerprint density at radius 3 is 0.710 bits per heavy atom. The van der Waals surface area contributed by atoms with Gasteiger partial charge in [0.25, 0.3) is 0 Å². The number of phosphoric ester groups is 2. The molecule has 0 aliphatic rings. The second kappa shape index (κ2) is 79.3. The summed E-state index contributed by atoms with van der Waals surface area (Å²) in [6.07, 6.45) is 72.4. The first-order valence-electron chi connectivity index (χ1n) is 45.5. The predicted octanol–water partition coefficient (Wildman–Crippen LogP) is 27.0. The Bertz CT molecular complexity index is 2050. The van der Waals surface area contributed by atoms with Gasteiger partial charge in [0.05, 0.1) is 26.4 Å². The lowest BCUT2D eigenvalue weighted by Crippen LogP contribution is -2.30. The van der Waals surface area contributed by atoms with Crippen LogP contribution in [0.25, 0.3) is 0 Å². The third-order valence-corrected chi connectivity index (χ3v) is 23.0. The molecule has 0 bridgehead atoms. The first-order chi connectivity index (χ1) is 51.9.